The molecule has 2 aromatic rings. The first-order chi connectivity index (χ1) is 16.4. The number of anilines is 2. The van der Waals surface area contributed by atoms with Gasteiger partial charge in [0.05, 0.1) is 23.1 Å². The summed E-state index contributed by atoms with van der Waals surface area (Å²) in [6, 6.07) is 11.3. The third-order valence-corrected chi connectivity index (χ3v) is 7.49. The predicted octanol–water partition coefficient (Wildman–Crippen LogP) is 3.18. The first kappa shape index (κ1) is 20.8. The number of carbonyl (C=O) groups excluding carboxylic acids is 4. The Morgan fingerprint density at radius 1 is 0.912 bits per heavy atom. The topological polar surface area (TPSA) is 92.8 Å². The molecule has 7 nitrogen and oxygen atoms in total. The van der Waals surface area contributed by atoms with Gasteiger partial charge in [0.2, 0.25) is 11.8 Å². The summed E-state index contributed by atoms with van der Waals surface area (Å²) >= 11 is 0. The van der Waals surface area contributed by atoms with Crippen LogP contribution in [0.25, 0.3) is 0 Å². The van der Waals surface area contributed by atoms with E-state index >= 15 is 0 Å². The van der Waals surface area contributed by atoms with Gasteiger partial charge in [-0.25, -0.2) is 9.18 Å². The zero-order chi connectivity index (χ0) is 23.6. The Balaban J connectivity index is 1.10. The minimum atomic E-state index is -0.712. The minimum Gasteiger partial charge on any atom is -0.452 e. The van der Waals surface area contributed by atoms with Gasteiger partial charge in [0, 0.05) is 5.69 Å². The van der Waals surface area contributed by atoms with Crippen LogP contribution < -0.4 is 10.2 Å². The fourth-order valence-corrected chi connectivity index (χ4v) is 5.90. The number of rotatable bonds is 5. The van der Waals surface area contributed by atoms with Crippen molar-refractivity contribution >= 4 is 35.1 Å². The summed E-state index contributed by atoms with van der Waals surface area (Å²) in [6.07, 6.45) is 5.36. The van der Waals surface area contributed by atoms with Gasteiger partial charge in [0.1, 0.15) is 5.82 Å². The molecular formula is C26H21FN2O5. The molecule has 1 heterocycles. The van der Waals surface area contributed by atoms with Crippen LogP contribution >= 0.6 is 0 Å². The molecule has 2 saturated carbocycles. The van der Waals surface area contributed by atoms with E-state index in [1.54, 1.807) is 12.1 Å². The summed E-state index contributed by atoms with van der Waals surface area (Å²) in [7, 11) is 0. The van der Waals surface area contributed by atoms with Crippen LogP contribution in [0.15, 0.2) is 60.7 Å². The molecule has 34 heavy (non-hydrogen) atoms. The number of halogens is 1. The fraction of sp³-hybridized carbons (Fsp3) is 0.308. The number of esters is 1. The van der Waals surface area contributed by atoms with Crippen molar-refractivity contribution in [3.63, 3.8) is 0 Å². The van der Waals surface area contributed by atoms with Crippen molar-refractivity contribution in [2.45, 2.75) is 6.42 Å². The smallest absolute Gasteiger partial charge is 0.338 e. The van der Waals surface area contributed by atoms with Gasteiger partial charge in [0.15, 0.2) is 6.61 Å². The number of ether oxygens (including phenoxy) is 1. The number of imide groups is 1. The van der Waals surface area contributed by atoms with Crippen LogP contribution in [0.1, 0.15) is 16.8 Å². The lowest BCUT2D eigenvalue weighted by Gasteiger charge is -2.37. The summed E-state index contributed by atoms with van der Waals surface area (Å²) in [4.78, 5) is 51.9. The molecule has 172 valence electrons. The second-order valence-corrected chi connectivity index (χ2v) is 9.34. The number of carbonyl (C=O) groups is 4. The summed E-state index contributed by atoms with van der Waals surface area (Å²) in [5.74, 6) is -1.22. The van der Waals surface area contributed by atoms with Gasteiger partial charge in [-0.1, -0.05) is 12.2 Å². The van der Waals surface area contributed by atoms with Crippen molar-refractivity contribution in [1.82, 2.24) is 0 Å². The highest BCUT2D eigenvalue weighted by molar-refractivity contribution is 6.22. The van der Waals surface area contributed by atoms with E-state index in [0.29, 0.717) is 23.2 Å². The van der Waals surface area contributed by atoms with Crippen molar-refractivity contribution < 1.29 is 28.3 Å². The van der Waals surface area contributed by atoms with Gasteiger partial charge in [-0.2, -0.15) is 0 Å². The Morgan fingerprint density at radius 3 is 2.09 bits per heavy atom. The molecule has 2 bridgehead atoms. The van der Waals surface area contributed by atoms with Crippen molar-refractivity contribution in [3.8, 4) is 0 Å². The molecule has 1 saturated heterocycles. The average molecular weight is 460 g/mol. The molecule has 0 radical (unpaired) electrons. The molecule has 0 unspecified atom stereocenters. The molecule has 5 aliphatic rings. The zero-order valence-electron chi connectivity index (χ0n) is 18.0. The van der Waals surface area contributed by atoms with E-state index in [1.165, 1.54) is 41.3 Å². The largest absolute Gasteiger partial charge is 0.452 e. The average Bonchev–Trinajstić information content (AvgIpc) is 3.62. The Morgan fingerprint density at radius 2 is 1.50 bits per heavy atom. The van der Waals surface area contributed by atoms with E-state index in [4.69, 9.17) is 4.74 Å². The van der Waals surface area contributed by atoms with Crippen LogP contribution in [0.3, 0.4) is 0 Å². The van der Waals surface area contributed by atoms with E-state index in [2.05, 4.69) is 17.5 Å². The molecule has 8 heteroatoms. The first-order valence-electron chi connectivity index (χ1n) is 11.3. The lowest BCUT2D eigenvalue weighted by atomic mass is 9.63. The molecule has 2 aromatic carbocycles. The zero-order valence-corrected chi connectivity index (χ0v) is 18.0. The Hall–Kier alpha value is -3.81. The number of nitrogens with zero attached hydrogens (tertiary/aromatic N) is 1. The monoisotopic (exact) mass is 460 g/mol. The number of benzene rings is 2. The van der Waals surface area contributed by atoms with Crippen molar-refractivity contribution in [2.24, 2.45) is 35.5 Å². The molecule has 6 atom stereocenters. The Bertz CT molecular complexity index is 1200. The Labute approximate surface area is 194 Å². The van der Waals surface area contributed by atoms with E-state index in [1.807, 2.05) is 0 Å². The van der Waals surface area contributed by atoms with Crippen LogP contribution in [0.5, 0.6) is 0 Å². The highest BCUT2D eigenvalue weighted by atomic mass is 19.1. The maximum absolute atomic E-state index is 13.2. The highest BCUT2D eigenvalue weighted by Gasteiger charge is 2.67. The molecule has 0 spiro atoms. The number of nitrogens with one attached hydrogen (secondary N) is 1. The van der Waals surface area contributed by atoms with Crippen molar-refractivity contribution in [1.29, 1.82) is 0 Å². The Kier molecular flexibility index (Phi) is 4.65. The van der Waals surface area contributed by atoms with Gasteiger partial charge in [-0.05, 0) is 78.6 Å². The summed E-state index contributed by atoms with van der Waals surface area (Å²) in [6.45, 7) is -0.511. The quantitative estimate of drug-likeness (QED) is 0.420. The van der Waals surface area contributed by atoms with Gasteiger partial charge < -0.3 is 10.1 Å². The minimum absolute atomic E-state index is 0.150. The predicted molar refractivity (Wildman–Crippen MR) is 119 cm³/mol. The van der Waals surface area contributed by atoms with Crippen LogP contribution in [-0.2, 0) is 19.1 Å². The number of amides is 3. The van der Waals surface area contributed by atoms with Gasteiger partial charge in [-0.15, -0.1) is 0 Å². The van der Waals surface area contributed by atoms with Crippen molar-refractivity contribution in [3.05, 3.63) is 72.1 Å². The molecule has 1 aliphatic heterocycles. The number of hydrogen-bond acceptors (Lipinski definition) is 5. The molecule has 1 N–H and O–H groups in total. The normalized spacial score (nSPS) is 30.1. The van der Waals surface area contributed by atoms with E-state index in [0.717, 1.165) is 6.42 Å². The van der Waals surface area contributed by atoms with E-state index < -0.39 is 24.3 Å². The standard InChI is InChI=1S/C26H21FN2O5/c27-14-3-5-15(6-4-14)28-21(30)12-34-26(33)13-1-7-16(8-2-13)29-24(31)22-17-9-10-18(20-11-19(17)20)23(22)25(29)32/h1-10,17-20,22-23H,11-12H2,(H,28,30)/t17-,18-,19-,20+,22-,23+/m0/s1. The summed E-state index contributed by atoms with van der Waals surface area (Å²) in [5.41, 5.74) is 1.01. The first-order valence-corrected chi connectivity index (χ1v) is 11.3. The van der Waals surface area contributed by atoms with Crippen LogP contribution in [-0.4, -0.2) is 30.3 Å². The lowest BCUT2D eigenvalue weighted by Crippen LogP contribution is -2.40. The lowest BCUT2D eigenvalue weighted by molar-refractivity contribution is -0.124. The maximum atomic E-state index is 13.2. The SMILES string of the molecule is O=C(COC(=O)c1ccc(N2C(=O)[C@@H]3[C@H]4C=C[C@@H]([C@@H]5C[C@H]45)[C@@H]3C2=O)cc1)Nc1ccc(F)cc1. The maximum Gasteiger partial charge on any atom is 0.338 e. The second-order valence-electron chi connectivity index (χ2n) is 9.34. The van der Waals surface area contributed by atoms with Gasteiger partial charge in [0.25, 0.3) is 5.91 Å². The molecule has 7 rings (SSSR count). The van der Waals surface area contributed by atoms with Gasteiger partial charge >= 0.3 is 5.97 Å². The summed E-state index contributed by atoms with van der Waals surface area (Å²) in [5, 5.41) is 2.50. The molecule has 0 aromatic heterocycles. The second kappa shape index (κ2) is 7.62. The molecule has 3 fully saturated rings. The summed E-state index contributed by atoms with van der Waals surface area (Å²) < 4.78 is 18.0. The van der Waals surface area contributed by atoms with Crippen LogP contribution in [0, 0.1) is 41.3 Å². The third kappa shape index (κ3) is 3.24. The van der Waals surface area contributed by atoms with Crippen LogP contribution in [0.4, 0.5) is 15.8 Å². The molecule has 4 aliphatic carbocycles. The highest BCUT2D eigenvalue weighted by Crippen LogP contribution is 2.65. The number of hydrogen-bond donors (Lipinski definition) is 1. The molecular weight excluding hydrogens is 439 g/mol. The number of allylic oxidation sites excluding steroid dienone is 2. The fourth-order valence-electron chi connectivity index (χ4n) is 5.90. The van der Waals surface area contributed by atoms with E-state index in [9.17, 15) is 23.6 Å². The van der Waals surface area contributed by atoms with Crippen LogP contribution in [0.2, 0.25) is 0 Å². The van der Waals surface area contributed by atoms with E-state index in [-0.39, 0.29) is 41.0 Å². The third-order valence-electron chi connectivity index (χ3n) is 7.49. The molecule has 3 amide bonds. The van der Waals surface area contributed by atoms with Gasteiger partial charge in [-0.3, -0.25) is 19.3 Å². The van der Waals surface area contributed by atoms with Crippen molar-refractivity contribution in [2.75, 3.05) is 16.8 Å².